The molecule has 0 heterocycles. The summed E-state index contributed by atoms with van der Waals surface area (Å²) in [5.74, 6) is -2.07. The van der Waals surface area contributed by atoms with E-state index in [1.54, 1.807) is 6.92 Å². The third kappa shape index (κ3) is 4.20. The zero-order chi connectivity index (χ0) is 14.6. The first-order valence-corrected chi connectivity index (χ1v) is 5.53. The average Bonchev–Trinajstić information content (AvgIpc) is 2.30. The number of ether oxygens (including phenoxy) is 1. The van der Waals surface area contributed by atoms with E-state index in [1.807, 2.05) is 0 Å². The number of alkyl halides is 3. The van der Waals surface area contributed by atoms with Crippen molar-refractivity contribution >= 4 is 5.97 Å². The summed E-state index contributed by atoms with van der Waals surface area (Å²) >= 11 is 0. The molecule has 1 aromatic rings. The van der Waals surface area contributed by atoms with Crippen LogP contribution in [-0.4, -0.2) is 18.6 Å². The van der Waals surface area contributed by atoms with Crippen molar-refractivity contribution in [2.24, 2.45) is 5.73 Å². The van der Waals surface area contributed by atoms with Crippen molar-refractivity contribution in [3.63, 3.8) is 0 Å². The normalized spacial score (nSPS) is 13.2. The highest BCUT2D eigenvalue weighted by Crippen LogP contribution is 2.32. The smallest absolute Gasteiger partial charge is 0.419 e. The van der Waals surface area contributed by atoms with E-state index in [1.165, 1.54) is 0 Å². The van der Waals surface area contributed by atoms with Gasteiger partial charge in [0.2, 0.25) is 0 Å². The minimum absolute atomic E-state index is 0.120. The lowest BCUT2D eigenvalue weighted by Crippen LogP contribution is -2.34. The quantitative estimate of drug-likeness (QED) is 0.679. The predicted molar refractivity (Wildman–Crippen MR) is 59.7 cm³/mol. The number of carbonyl (C=O) groups is 1. The highest BCUT2D eigenvalue weighted by molar-refractivity contribution is 5.75. The van der Waals surface area contributed by atoms with Crippen LogP contribution in [0.3, 0.4) is 0 Å². The van der Waals surface area contributed by atoms with Crippen LogP contribution in [0.15, 0.2) is 18.2 Å². The maximum absolute atomic E-state index is 13.0. The minimum atomic E-state index is -4.78. The molecule has 19 heavy (non-hydrogen) atoms. The Morgan fingerprint density at radius 1 is 1.42 bits per heavy atom. The van der Waals surface area contributed by atoms with Gasteiger partial charge >= 0.3 is 12.1 Å². The fourth-order valence-corrected chi connectivity index (χ4v) is 1.50. The van der Waals surface area contributed by atoms with Gasteiger partial charge in [-0.3, -0.25) is 4.79 Å². The molecule has 7 heteroatoms. The van der Waals surface area contributed by atoms with E-state index in [9.17, 15) is 22.4 Å². The van der Waals surface area contributed by atoms with Gasteiger partial charge in [-0.1, -0.05) is 6.07 Å². The molecule has 0 aliphatic carbocycles. The molecule has 0 fully saturated rings. The lowest BCUT2D eigenvalue weighted by molar-refractivity contribution is -0.144. The fraction of sp³-hybridized carbons (Fsp3) is 0.417. The summed E-state index contributed by atoms with van der Waals surface area (Å²) in [6, 6.07) is 1.43. The first-order chi connectivity index (χ1) is 8.75. The van der Waals surface area contributed by atoms with Crippen LogP contribution in [0.2, 0.25) is 0 Å². The van der Waals surface area contributed by atoms with Gasteiger partial charge in [-0.2, -0.15) is 13.2 Å². The lowest BCUT2D eigenvalue weighted by Gasteiger charge is -2.13. The number of rotatable bonds is 4. The summed E-state index contributed by atoms with van der Waals surface area (Å²) in [7, 11) is 0. The molecule has 0 spiro atoms. The van der Waals surface area contributed by atoms with Crippen LogP contribution in [0.1, 0.15) is 18.1 Å². The fourth-order valence-electron chi connectivity index (χ4n) is 1.50. The zero-order valence-electron chi connectivity index (χ0n) is 10.1. The Labute approximate surface area is 107 Å². The summed E-state index contributed by atoms with van der Waals surface area (Å²) in [4.78, 5) is 11.3. The van der Waals surface area contributed by atoms with E-state index in [4.69, 9.17) is 5.73 Å². The summed E-state index contributed by atoms with van der Waals surface area (Å²) in [6.07, 6.45) is -4.93. The largest absolute Gasteiger partial charge is 0.465 e. The Hall–Kier alpha value is -1.63. The number of hydrogen-bond acceptors (Lipinski definition) is 3. The Morgan fingerprint density at radius 2 is 2.05 bits per heavy atom. The van der Waals surface area contributed by atoms with E-state index >= 15 is 0 Å². The third-order valence-corrected chi connectivity index (χ3v) is 2.38. The van der Waals surface area contributed by atoms with E-state index in [-0.39, 0.29) is 18.6 Å². The molecular weight excluding hydrogens is 266 g/mol. The maximum Gasteiger partial charge on any atom is 0.419 e. The number of halogens is 4. The second kappa shape index (κ2) is 6.01. The van der Waals surface area contributed by atoms with Crippen LogP contribution in [-0.2, 0) is 22.1 Å². The molecule has 1 atom stereocenters. The molecule has 0 amide bonds. The third-order valence-electron chi connectivity index (χ3n) is 2.38. The van der Waals surface area contributed by atoms with Crippen molar-refractivity contribution in [1.29, 1.82) is 0 Å². The Morgan fingerprint density at radius 3 is 2.58 bits per heavy atom. The van der Waals surface area contributed by atoms with Gasteiger partial charge in [0.1, 0.15) is 11.9 Å². The Kier molecular flexibility index (Phi) is 4.88. The highest BCUT2D eigenvalue weighted by Gasteiger charge is 2.34. The predicted octanol–water partition coefficient (Wildman–Crippen LogP) is 2.28. The van der Waals surface area contributed by atoms with E-state index in [0.29, 0.717) is 12.1 Å². The summed E-state index contributed by atoms with van der Waals surface area (Å²) in [5.41, 5.74) is 4.23. The number of benzene rings is 1. The van der Waals surface area contributed by atoms with Gasteiger partial charge in [0.25, 0.3) is 0 Å². The molecule has 1 aromatic carbocycles. The van der Waals surface area contributed by atoms with Gasteiger partial charge in [0.15, 0.2) is 0 Å². The first-order valence-electron chi connectivity index (χ1n) is 5.53. The van der Waals surface area contributed by atoms with Gasteiger partial charge in [0.05, 0.1) is 12.2 Å². The topological polar surface area (TPSA) is 52.3 Å². The summed E-state index contributed by atoms with van der Waals surface area (Å²) in [6.45, 7) is 1.72. The van der Waals surface area contributed by atoms with Crippen LogP contribution < -0.4 is 5.73 Å². The van der Waals surface area contributed by atoms with Gasteiger partial charge < -0.3 is 10.5 Å². The monoisotopic (exact) mass is 279 g/mol. The van der Waals surface area contributed by atoms with Crippen molar-refractivity contribution in [1.82, 2.24) is 0 Å². The van der Waals surface area contributed by atoms with Crippen molar-refractivity contribution in [2.45, 2.75) is 25.6 Å². The molecule has 1 unspecified atom stereocenters. The van der Waals surface area contributed by atoms with Gasteiger partial charge in [0, 0.05) is 0 Å². The molecule has 2 N–H and O–H groups in total. The van der Waals surface area contributed by atoms with E-state index in [2.05, 4.69) is 4.74 Å². The molecule has 0 saturated heterocycles. The molecule has 106 valence electrons. The Bertz CT molecular complexity index is 460. The molecule has 0 aromatic heterocycles. The molecular formula is C12H13F4NO2. The maximum atomic E-state index is 13.0. The van der Waals surface area contributed by atoms with Gasteiger partial charge in [-0.15, -0.1) is 0 Å². The molecule has 1 rings (SSSR count). The van der Waals surface area contributed by atoms with Gasteiger partial charge in [-0.25, -0.2) is 4.39 Å². The summed E-state index contributed by atoms with van der Waals surface area (Å²) < 4.78 is 55.1. The molecule has 0 saturated carbocycles. The Balaban J connectivity index is 2.89. The number of nitrogens with two attached hydrogens (primary N) is 1. The molecule has 0 bridgehead atoms. The first kappa shape index (κ1) is 15.4. The number of hydrogen-bond donors (Lipinski definition) is 1. The van der Waals surface area contributed by atoms with E-state index < -0.39 is 29.6 Å². The van der Waals surface area contributed by atoms with Crippen molar-refractivity contribution < 1.29 is 27.1 Å². The lowest BCUT2D eigenvalue weighted by atomic mass is 10.0. The highest BCUT2D eigenvalue weighted by atomic mass is 19.4. The van der Waals surface area contributed by atoms with Crippen LogP contribution >= 0.6 is 0 Å². The average molecular weight is 279 g/mol. The molecule has 0 aliphatic rings. The minimum Gasteiger partial charge on any atom is -0.465 e. The molecule has 0 aliphatic heterocycles. The second-order valence-electron chi connectivity index (χ2n) is 3.87. The molecule has 3 nitrogen and oxygen atoms in total. The van der Waals surface area contributed by atoms with Crippen LogP contribution in [0.5, 0.6) is 0 Å². The van der Waals surface area contributed by atoms with Crippen LogP contribution in [0.4, 0.5) is 17.6 Å². The van der Waals surface area contributed by atoms with Crippen molar-refractivity contribution in [2.75, 3.05) is 6.61 Å². The van der Waals surface area contributed by atoms with Crippen molar-refractivity contribution in [3.05, 3.63) is 35.1 Å². The number of esters is 1. The summed E-state index contributed by atoms with van der Waals surface area (Å²) in [5, 5.41) is 0. The SMILES string of the molecule is CCOC(=O)C(N)Cc1ccc(F)c(C(F)(F)F)c1. The second-order valence-corrected chi connectivity index (χ2v) is 3.87. The van der Waals surface area contributed by atoms with Gasteiger partial charge in [-0.05, 0) is 31.0 Å². The molecule has 0 radical (unpaired) electrons. The van der Waals surface area contributed by atoms with Crippen LogP contribution in [0.25, 0.3) is 0 Å². The van der Waals surface area contributed by atoms with Crippen molar-refractivity contribution in [3.8, 4) is 0 Å². The number of carbonyl (C=O) groups excluding carboxylic acids is 1. The zero-order valence-corrected chi connectivity index (χ0v) is 10.1. The van der Waals surface area contributed by atoms with E-state index in [0.717, 1.165) is 6.07 Å². The van der Waals surface area contributed by atoms with Crippen LogP contribution in [0, 0.1) is 5.82 Å². The standard InChI is InChI=1S/C12H13F4NO2/c1-2-19-11(18)10(17)6-7-3-4-9(13)8(5-7)12(14,15)16/h3-5,10H,2,6,17H2,1H3.